The average molecular weight is 392 g/mol. The van der Waals surface area contributed by atoms with Crippen LogP contribution in [0.2, 0.25) is 15.2 Å². The molecular formula is C14H9Cl3N2O3S. The molecule has 2 aromatic rings. The standard InChI is InChI=1S/C14H9Cl3N2O3S/c15-10-3-4-11(12(16)8-10)14(20)19-23(21,22)7-5-9-2-1-6-18-13(9)17/h1-8H,(H,19,20)/b7-5+. The predicted octanol–water partition coefficient (Wildman–Crippen LogP) is 3.77. The molecule has 0 saturated heterocycles. The van der Waals surface area contributed by atoms with E-state index < -0.39 is 15.9 Å². The van der Waals surface area contributed by atoms with Crippen molar-refractivity contribution in [2.75, 3.05) is 0 Å². The summed E-state index contributed by atoms with van der Waals surface area (Å²) < 4.78 is 25.7. The zero-order valence-electron chi connectivity index (χ0n) is 11.3. The fourth-order valence-electron chi connectivity index (χ4n) is 1.58. The third-order valence-corrected chi connectivity index (χ3v) is 4.45. The van der Waals surface area contributed by atoms with Crippen LogP contribution in [0.15, 0.2) is 41.9 Å². The molecule has 5 nitrogen and oxygen atoms in total. The van der Waals surface area contributed by atoms with Gasteiger partial charge in [-0.05, 0) is 30.3 Å². The fourth-order valence-corrected chi connectivity index (χ4v) is 3.02. The summed E-state index contributed by atoms with van der Waals surface area (Å²) in [7, 11) is -4.03. The van der Waals surface area contributed by atoms with Gasteiger partial charge in [-0.3, -0.25) is 4.79 Å². The van der Waals surface area contributed by atoms with E-state index in [2.05, 4.69) is 4.98 Å². The molecule has 0 atom stereocenters. The summed E-state index contributed by atoms with van der Waals surface area (Å²) in [6, 6.07) is 7.29. The van der Waals surface area contributed by atoms with E-state index in [9.17, 15) is 13.2 Å². The molecule has 0 spiro atoms. The summed E-state index contributed by atoms with van der Waals surface area (Å²) in [6.07, 6.45) is 2.70. The van der Waals surface area contributed by atoms with Crippen LogP contribution in [0.3, 0.4) is 0 Å². The van der Waals surface area contributed by atoms with E-state index in [1.54, 1.807) is 12.1 Å². The second-order valence-corrected chi connectivity index (χ2v) is 7.05. The molecule has 120 valence electrons. The van der Waals surface area contributed by atoms with Crippen molar-refractivity contribution in [2.45, 2.75) is 0 Å². The fraction of sp³-hybridized carbons (Fsp3) is 0. The molecule has 23 heavy (non-hydrogen) atoms. The maximum atomic E-state index is 12.0. The average Bonchev–Trinajstić information content (AvgIpc) is 2.45. The van der Waals surface area contributed by atoms with Crippen molar-refractivity contribution in [1.82, 2.24) is 9.71 Å². The van der Waals surface area contributed by atoms with Gasteiger partial charge in [0, 0.05) is 16.8 Å². The molecule has 0 bridgehead atoms. The Morgan fingerprint density at radius 3 is 2.57 bits per heavy atom. The van der Waals surface area contributed by atoms with Gasteiger partial charge < -0.3 is 0 Å². The number of carbonyl (C=O) groups excluding carboxylic acids is 1. The second-order valence-electron chi connectivity index (χ2n) is 4.29. The van der Waals surface area contributed by atoms with E-state index in [4.69, 9.17) is 34.8 Å². The zero-order chi connectivity index (χ0) is 17.0. The van der Waals surface area contributed by atoms with E-state index in [0.29, 0.717) is 10.6 Å². The number of benzene rings is 1. The third kappa shape index (κ3) is 4.94. The van der Waals surface area contributed by atoms with E-state index in [0.717, 1.165) is 5.41 Å². The highest BCUT2D eigenvalue weighted by atomic mass is 35.5. The number of nitrogens with one attached hydrogen (secondary N) is 1. The van der Waals surface area contributed by atoms with Crippen LogP contribution in [0.4, 0.5) is 0 Å². The zero-order valence-corrected chi connectivity index (χ0v) is 14.4. The van der Waals surface area contributed by atoms with Crippen molar-refractivity contribution in [1.29, 1.82) is 0 Å². The van der Waals surface area contributed by atoms with Crippen LogP contribution >= 0.6 is 34.8 Å². The highest BCUT2D eigenvalue weighted by Gasteiger charge is 2.16. The van der Waals surface area contributed by atoms with Crippen LogP contribution in [-0.4, -0.2) is 19.3 Å². The largest absolute Gasteiger partial charge is 0.268 e. The SMILES string of the molecule is O=C(NS(=O)(=O)/C=C/c1cccnc1Cl)c1ccc(Cl)cc1Cl. The molecule has 0 unspecified atom stereocenters. The molecule has 1 aromatic carbocycles. The van der Waals surface area contributed by atoms with Crippen LogP contribution in [0.25, 0.3) is 6.08 Å². The molecule has 0 aliphatic heterocycles. The monoisotopic (exact) mass is 390 g/mol. The first-order valence-electron chi connectivity index (χ1n) is 6.09. The van der Waals surface area contributed by atoms with Crippen LogP contribution in [0.5, 0.6) is 0 Å². The van der Waals surface area contributed by atoms with Gasteiger partial charge >= 0.3 is 0 Å². The minimum atomic E-state index is -4.03. The Balaban J connectivity index is 2.18. The van der Waals surface area contributed by atoms with Gasteiger partial charge in [0.15, 0.2) is 0 Å². The Morgan fingerprint density at radius 2 is 1.91 bits per heavy atom. The topological polar surface area (TPSA) is 76.1 Å². The van der Waals surface area contributed by atoms with Crippen molar-refractivity contribution < 1.29 is 13.2 Å². The minimum Gasteiger partial charge on any atom is -0.268 e. The summed E-state index contributed by atoms with van der Waals surface area (Å²) in [6.45, 7) is 0. The lowest BCUT2D eigenvalue weighted by Crippen LogP contribution is -2.29. The van der Waals surface area contributed by atoms with Gasteiger partial charge in [-0.15, -0.1) is 0 Å². The summed E-state index contributed by atoms with van der Waals surface area (Å²) in [4.78, 5) is 15.8. The Morgan fingerprint density at radius 1 is 1.17 bits per heavy atom. The molecule has 0 aliphatic carbocycles. The molecular weight excluding hydrogens is 383 g/mol. The van der Waals surface area contributed by atoms with Crippen LogP contribution in [0, 0.1) is 0 Å². The number of sulfonamides is 1. The normalized spacial score (nSPS) is 11.6. The maximum absolute atomic E-state index is 12.0. The number of nitrogens with zero attached hydrogens (tertiary/aromatic N) is 1. The number of hydrogen-bond donors (Lipinski definition) is 1. The Hall–Kier alpha value is -1.60. The number of amides is 1. The van der Waals surface area contributed by atoms with Gasteiger partial charge in [0.2, 0.25) is 0 Å². The van der Waals surface area contributed by atoms with Crippen molar-refractivity contribution >= 4 is 56.8 Å². The first kappa shape index (κ1) is 17.7. The Kier molecular flexibility index (Phi) is 5.64. The maximum Gasteiger partial charge on any atom is 0.266 e. The smallest absolute Gasteiger partial charge is 0.266 e. The molecule has 1 heterocycles. The molecule has 0 radical (unpaired) electrons. The van der Waals surface area contributed by atoms with Crippen molar-refractivity contribution in [2.24, 2.45) is 0 Å². The van der Waals surface area contributed by atoms with E-state index in [1.807, 2.05) is 4.72 Å². The molecule has 1 N–H and O–H groups in total. The first-order valence-corrected chi connectivity index (χ1v) is 8.77. The van der Waals surface area contributed by atoms with Gasteiger partial charge in [-0.25, -0.2) is 18.1 Å². The molecule has 0 saturated carbocycles. The summed E-state index contributed by atoms with van der Waals surface area (Å²) in [5, 5.41) is 1.34. The number of rotatable bonds is 4. The van der Waals surface area contributed by atoms with Crippen molar-refractivity contribution in [3.8, 4) is 0 Å². The van der Waals surface area contributed by atoms with Gasteiger partial charge in [0.25, 0.3) is 15.9 Å². The molecule has 1 amide bonds. The summed E-state index contributed by atoms with van der Waals surface area (Å²) >= 11 is 17.4. The van der Waals surface area contributed by atoms with Gasteiger partial charge in [-0.2, -0.15) is 0 Å². The molecule has 0 fully saturated rings. The molecule has 2 rings (SSSR count). The number of carbonyl (C=O) groups is 1. The van der Waals surface area contributed by atoms with Crippen molar-refractivity contribution in [3.05, 3.63) is 68.3 Å². The quantitative estimate of drug-likeness (QED) is 0.805. The number of halogens is 3. The van der Waals surface area contributed by atoms with Gasteiger partial charge in [-0.1, -0.05) is 40.9 Å². The van der Waals surface area contributed by atoms with Crippen LogP contribution < -0.4 is 4.72 Å². The van der Waals surface area contributed by atoms with E-state index in [1.165, 1.54) is 30.5 Å². The predicted molar refractivity (Wildman–Crippen MR) is 91.1 cm³/mol. The highest BCUT2D eigenvalue weighted by Crippen LogP contribution is 2.21. The van der Waals surface area contributed by atoms with Crippen LogP contribution in [0.1, 0.15) is 15.9 Å². The lowest BCUT2D eigenvalue weighted by Gasteiger charge is -2.05. The van der Waals surface area contributed by atoms with Gasteiger partial charge in [0.05, 0.1) is 16.0 Å². The lowest BCUT2D eigenvalue weighted by atomic mass is 10.2. The van der Waals surface area contributed by atoms with E-state index >= 15 is 0 Å². The molecule has 9 heteroatoms. The minimum absolute atomic E-state index is 0.00699. The third-order valence-electron chi connectivity index (χ3n) is 2.63. The second kappa shape index (κ2) is 7.31. The number of aromatic nitrogens is 1. The molecule has 0 aliphatic rings. The Bertz CT molecular complexity index is 883. The summed E-state index contributed by atoms with van der Waals surface area (Å²) in [5.74, 6) is -0.867. The number of pyridine rings is 1. The first-order chi connectivity index (χ1) is 10.8. The summed E-state index contributed by atoms with van der Waals surface area (Å²) in [5.41, 5.74) is 0.393. The Labute approximate surface area is 147 Å². The molecule has 1 aromatic heterocycles. The lowest BCUT2D eigenvalue weighted by molar-refractivity contribution is 0.0982. The van der Waals surface area contributed by atoms with Crippen LogP contribution in [-0.2, 0) is 10.0 Å². The van der Waals surface area contributed by atoms with Gasteiger partial charge in [0.1, 0.15) is 5.15 Å². The number of hydrogen-bond acceptors (Lipinski definition) is 4. The van der Waals surface area contributed by atoms with Crippen molar-refractivity contribution in [3.63, 3.8) is 0 Å². The highest BCUT2D eigenvalue weighted by molar-refractivity contribution is 7.93. The van der Waals surface area contributed by atoms with E-state index in [-0.39, 0.29) is 15.7 Å².